The third-order valence-electron chi connectivity index (χ3n) is 1.88. The molecule has 0 aromatic heterocycles. The zero-order valence-corrected chi connectivity index (χ0v) is 9.15. The van der Waals surface area contributed by atoms with Gasteiger partial charge in [-0.05, 0) is 24.3 Å². The highest BCUT2D eigenvalue weighted by Crippen LogP contribution is 2.29. The summed E-state index contributed by atoms with van der Waals surface area (Å²) in [7, 11) is 0. The average molecular weight is 271 g/mol. The highest BCUT2D eigenvalue weighted by molar-refractivity contribution is 9.10. The first-order valence-electron chi connectivity index (χ1n) is 4.19. The third kappa shape index (κ3) is 2.30. The Hall–Kier alpha value is -1.49. The molecule has 2 rings (SSSR count). The molecule has 0 atom stereocenters. The van der Waals surface area contributed by atoms with Crippen molar-refractivity contribution in [2.45, 2.75) is 0 Å². The van der Waals surface area contributed by atoms with Crippen LogP contribution in [0.1, 0.15) is 5.56 Å². The van der Waals surface area contributed by atoms with E-state index in [2.05, 4.69) is 20.7 Å². The second-order valence-electron chi connectivity index (χ2n) is 2.95. The summed E-state index contributed by atoms with van der Waals surface area (Å²) in [5.41, 5.74) is 0.798. The van der Waals surface area contributed by atoms with Crippen LogP contribution >= 0.6 is 15.9 Å². The van der Waals surface area contributed by atoms with Crippen LogP contribution in [0.15, 0.2) is 28.4 Å². The molecule has 15 heavy (non-hydrogen) atoms. The maximum absolute atomic E-state index is 10.3. The molecule has 0 bridgehead atoms. The molecule has 0 saturated carbocycles. The Bertz CT molecular complexity index is 439. The minimum Gasteiger partial charge on any atom is -0.485 e. The fourth-order valence-electron chi connectivity index (χ4n) is 1.30. The quantitative estimate of drug-likeness (QED) is 0.798. The maximum Gasteiger partial charge on any atom is 0.511 e. The van der Waals surface area contributed by atoms with Crippen molar-refractivity contribution in [1.29, 1.82) is 0 Å². The fraction of sp³-hybridized carbons (Fsp3) is 0.100. The van der Waals surface area contributed by atoms with E-state index in [9.17, 15) is 4.79 Å². The lowest BCUT2D eigenvalue weighted by Crippen LogP contribution is -2.12. The molecule has 0 saturated heterocycles. The molecule has 1 aromatic carbocycles. The van der Waals surface area contributed by atoms with Crippen molar-refractivity contribution < 1.29 is 19.4 Å². The second kappa shape index (κ2) is 3.94. The summed E-state index contributed by atoms with van der Waals surface area (Å²) < 4.78 is 10.7. The molecule has 0 unspecified atom stereocenters. The van der Waals surface area contributed by atoms with E-state index in [0.29, 0.717) is 0 Å². The molecule has 0 amide bonds. The van der Waals surface area contributed by atoms with Gasteiger partial charge >= 0.3 is 6.16 Å². The summed E-state index contributed by atoms with van der Waals surface area (Å²) in [6, 6.07) is 5.50. The Balaban J connectivity index is 2.31. The third-order valence-corrected chi connectivity index (χ3v) is 2.37. The van der Waals surface area contributed by atoms with Crippen LogP contribution in [0.2, 0.25) is 0 Å². The first kappa shape index (κ1) is 10.0. The molecule has 0 spiro atoms. The summed E-state index contributed by atoms with van der Waals surface area (Å²) in [6.45, 7) is 0.140. The largest absolute Gasteiger partial charge is 0.511 e. The molecule has 1 N–H and O–H groups in total. The Morgan fingerprint density at radius 3 is 3.07 bits per heavy atom. The fourth-order valence-corrected chi connectivity index (χ4v) is 1.68. The van der Waals surface area contributed by atoms with Gasteiger partial charge in [0.1, 0.15) is 18.1 Å². The van der Waals surface area contributed by atoms with Crippen molar-refractivity contribution in [3.05, 3.63) is 34.0 Å². The predicted octanol–water partition coefficient (Wildman–Crippen LogP) is 2.88. The minimum atomic E-state index is -1.33. The molecule has 0 radical (unpaired) electrons. The van der Waals surface area contributed by atoms with Gasteiger partial charge in [-0.1, -0.05) is 15.9 Å². The van der Waals surface area contributed by atoms with Crippen LogP contribution in [0.25, 0.3) is 6.08 Å². The van der Waals surface area contributed by atoms with E-state index in [0.717, 1.165) is 15.8 Å². The number of carbonyl (C=O) groups is 1. The van der Waals surface area contributed by atoms with Crippen LogP contribution in [-0.4, -0.2) is 17.9 Å². The number of benzene rings is 1. The van der Waals surface area contributed by atoms with Crippen molar-refractivity contribution in [2.75, 3.05) is 6.61 Å². The van der Waals surface area contributed by atoms with E-state index in [1.165, 1.54) is 0 Å². The van der Waals surface area contributed by atoms with E-state index in [1.54, 1.807) is 6.08 Å². The Labute approximate surface area is 94.2 Å². The second-order valence-corrected chi connectivity index (χ2v) is 3.87. The minimum absolute atomic E-state index is 0.140. The standard InChI is InChI=1S/C10H7BrO4/c11-7-1-2-9-6(3-7)4-8(5-14-9)15-10(12)13/h1-4H,5H2,(H,12,13). The highest BCUT2D eigenvalue weighted by Gasteiger charge is 2.14. The number of hydrogen-bond acceptors (Lipinski definition) is 3. The lowest BCUT2D eigenvalue weighted by Gasteiger charge is -2.16. The number of halogens is 1. The highest BCUT2D eigenvalue weighted by atomic mass is 79.9. The van der Waals surface area contributed by atoms with E-state index >= 15 is 0 Å². The normalized spacial score (nSPS) is 13.5. The SMILES string of the molecule is O=C(O)OC1=Cc2cc(Br)ccc2OC1. The van der Waals surface area contributed by atoms with Gasteiger partial charge in [-0.15, -0.1) is 0 Å². The summed E-state index contributed by atoms with van der Waals surface area (Å²) in [4.78, 5) is 10.3. The van der Waals surface area contributed by atoms with E-state index in [4.69, 9.17) is 9.84 Å². The molecule has 78 valence electrons. The van der Waals surface area contributed by atoms with Gasteiger partial charge in [0.15, 0.2) is 0 Å². The lowest BCUT2D eigenvalue weighted by atomic mass is 10.1. The molecular formula is C10H7BrO4. The number of hydrogen-bond donors (Lipinski definition) is 1. The van der Waals surface area contributed by atoms with Crippen LogP contribution in [0.3, 0.4) is 0 Å². The molecule has 4 nitrogen and oxygen atoms in total. The summed E-state index contributed by atoms with van der Waals surface area (Å²) in [5.74, 6) is 1.00. The first-order chi connectivity index (χ1) is 7.15. The maximum atomic E-state index is 10.3. The lowest BCUT2D eigenvalue weighted by molar-refractivity contribution is 0.109. The van der Waals surface area contributed by atoms with E-state index in [1.807, 2.05) is 18.2 Å². The zero-order valence-electron chi connectivity index (χ0n) is 7.57. The van der Waals surface area contributed by atoms with E-state index in [-0.39, 0.29) is 12.4 Å². The van der Waals surface area contributed by atoms with Crippen LogP contribution in [0, 0.1) is 0 Å². The number of fused-ring (bicyclic) bond motifs is 1. The van der Waals surface area contributed by atoms with Gasteiger partial charge in [0.05, 0.1) is 0 Å². The van der Waals surface area contributed by atoms with Crippen molar-refractivity contribution >= 4 is 28.2 Å². The smallest absolute Gasteiger partial charge is 0.485 e. The van der Waals surface area contributed by atoms with Crippen molar-refractivity contribution in [3.63, 3.8) is 0 Å². The molecule has 0 aliphatic carbocycles. The molecule has 1 aliphatic rings. The molecule has 1 aromatic rings. The van der Waals surface area contributed by atoms with Crippen LogP contribution in [0.5, 0.6) is 5.75 Å². The first-order valence-corrected chi connectivity index (χ1v) is 4.98. The molecule has 5 heteroatoms. The van der Waals surface area contributed by atoms with Gasteiger partial charge in [-0.3, -0.25) is 0 Å². The summed E-state index contributed by atoms with van der Waals surface area (Å²) in [5, 5.41) is 8.44. The van der Waals surface area contributed by atoms with Crippen molar-refractivity contribution in [3.8, 4) is 5.75 Å². The molecular weight excluding hydrogens is 264 g/mol. The topological polar surface area (TPSA) is 55.8 Å². The average Bonchev–Trinajstić information content (AvgIpc) is 2.16. The molecule has 1 aliphatic heterocycles. The van der Waals surface area contributed by atoms with Crippen LogP contribution < -0.4 is 4.74 Å². The number of carboxylic acid groups (broad SMARTS) is 1. The predicted molar refractivity (Wildman–Crippen MR) is 56.7 cm³/mol. The Morgan fingerprint density at radius 1 is 1.53 bits per heavy atom. The van der Waals surface area contributed by atoms with Gasteiger partial charge in [0, 0.05) is 10.0 Å². The number of rotatable bonds is 1. The van der Waals surface area contributed by atoms with E-state index < -0.39 is 6.16 Å². The number of ether oxygens (including phenoxy) is 2. The van der Waals surface area contributed by atoms with Crippen LogP contribution in [-0.2, 0) is 4.74 Å². The van der Waals surface area contributed by atoms with Crippen LogP contribution in [0.4, 0.5) is 4.79 Å². The van der Waals surface area contributed by atoms with Gasteiger partial charge in [-0.2, -0.15) is 0 Å². The van der Waals surface area contributed by atoms with Crippen molar-refractivity contribution in [2.24, 2.45) is 0 Å². The molecule has 0 fully saturated rings. The zero-order chi connectivity index (χ0) is 10.8. The van der Waals surface area contributed by atoms with Gasteiger partial charge < -0.3 is 14.6 Å². The summed E-state index contributed by atoms with van der Waals surface area (Å²) in [6.07, 6.45) is 0.320. The van der Waals surface area contributed by atoms with Gasteiger partial charge in [-0.25, -0.2) is 4.79 Å². The van der Waals surface area contributed by atoms with Gasteiger partial charge in [0.25, 0.3) is 0 Å². The summed E-state index contributed by atoms with van der Waals surface area (Å²) >= 11 is 3.32. The monoisotopic (exact) mass is 270 g/mol. The molecule has 1 heterocycles. The Kier molecular flexibility index (Phi) is 2.64. The van der Waals surface area contributed by atoms with Crippen molar-refractivity contribution in [1.82, 2.24) is 0 Å². The Morgan fingerprint density at radius 2 is 2.33 bits per heavy atom. The van der Waals surface area contributed by atoms with Gasteiger partial charge in [0.2, 0.25) is 0 Å².